The highest BCUT2D eigenvalue weighted by molar-refractivity contribution is 6.06. The van der Waals surface area contributed by atoms with Gasteiger partial charge in [0, 0.05) is 30.1 Å². The monoisotopic (exact) mass is 217 g/mol. The standard InChI is InChI=1S/C12H15N3O/c1-4-15-12(14-3)9-5-6-11(13)10(7-9)8(2)16/h4-7H,13H2,1-3H3. The minimum absolute atomic E-state index is 0.0599. The Labute approximate surface area is 94.9 Å². The molecule has 0 aromatic heterocycles. The molecule has 0 unspecified atom stereocenters. The van der Waals surface area contributed by atoms with E-state index in [9.17, 15) is 4.79 Å². The summed E-state index contributed by atoms with van der Waals surface area (Å²) < 4.78 is 0. The quantitative estimate of drug-likeness (QED) is 0.356. The summed E-state index contributed by atoms with van der Waals surface area (Å²) in [5, 5.41) is 0. The van der Waals surface area contributed by atoms with E-state index in [4.69, 9.17) is 5.73 Å². The molecule has 0 fully saturated rings. The number of hydrogen-bond donors (Lipinski definition) is 1. The van der Waals surface area contributed by atoms with Crippen molar-refractivity contribution in [2.24, 2.45) is 9.98 Å². The number of benzene rings is 1. The van der Waals surface area contributed by atoms with Crippen molar-refractivity contribution in [2.45, 2.75) is 13.8 Å². The minimum atomic E-state index is -0.0599. The van der Waals surface area contributed by atoms with Crippen LogP contribution in [0.1, 0.15) is 29.8 Å². The summed E-state index contributed by atoms with van der Waals surface area (Å²) in [6.07, 6.45) is 1.66. The van der Waals surface area contributed by atoms with Crippen LogP contribution >= 0.6 is 0 Å². The molecule has 0 heterocycles. The van der Waals surface area contributed by atoms with E-state index in [0.717, 1.165) is 5.56 Å². The predicted octanol–water partition coefficient (Wildman–Crippen LogP) is 1.94. The second-order valence-corrected chi connectivity index (χ2v) is 3.29. The largest absolute Gasteiger partial charge is 0.398 e. The number of Topliss-reactive ketones (excluding diaryl/α,β-unsaturated/α-hetero) is 1. The molecule has 0 bridgehead atoms. The van der Waals surface area contributed by atoms with Gasteiger partial charge in [0.1, 0.15) is 0 Å². The number of carbonyl (C=O) groups is 1. The molecule has 0 aliphatic carbocycles. The van der Waals surface area contributed by atoms with E-state index >= 15 is 0 Å². The average molecular weight is 217 g/mol. The third-order valence-electron chi connectivity index (χ3n) is 2.15. The Morgan fingerprint density at radius 3 is 2.62 bits per heavy atom. The zero-order valence-electron chi connectivity index (χ0n) is 9.69. The van der Waals surface area contributed by atoms with Crippen LogP contribution in [0.4, 0.5) is 5.69 Å². The molecule has 1 aromatic carbocycles. The van der Waals surface area contributed by atoms with Gasteiger partial charge >= 0.3 is 0 Å². The summed E-state index contributed by atoms with van der Waals surface area (Å²) in [7, 11) is 1.66. The molecule has 0 radical (unpaired) electrons. The fraction of sp³-hybridized carbons (Fsp3) is 0.250. The fourth-order valence-corrected chi connectivity index (χ4v) is 1.38. The van der Waals surface area contributed by atoms with Crippen LogP contribution in [0.25, 0.3) is 0 Å². The SMILES string of the molecule is CC=NC(=NC)c1ccc(N)c(C(C)=O)c1. The van der Waals surface area contributed by atoms with E-state index in [0.29, 0.717) is 17.1 Å². The van der Waals surface area contributed by atoms with Gasteiger partial charge in [0.05, 0.1) is 0 Å². The van der Waals surface area contributed by atoms with Gasteiger partial charge in [-0.1, -0.05) is 0 Å². The molecule has 16 heavy (non-hydrogen) atoms. The van der Waals surface area contributed by atoms with Gasteiger partial charge in [0.2, 0.25) is 0 Å². The van der Waals surface area contributed by atoms with E-state index in [2.05, 4.69) is 9.98 Å². The van der Waals surface area contributed by atoms with Crippen LogP contribution in [-0.4, -0.2) is 24.9 Å². The summed E-state index contributed by atoms with van der Waals surface area (Å²) >= 11 is 0. The van der Waals surface area contributed by atoms with Crippen LogP contribution in [-0.2, 0) is 0 Å². The van der Waals surface area contributed by atoms with Crippen molar-refractivity contribution in [2.75, 3.05) is 12.8 Å². The van der Waals surface area contributed by atoms with Crippen LogP contribution in [0.5, 0.6) is 0 Å². The maximum absolute atomic E-state index is 11.3. The third-order valence-corrected chi connectivity index (χ3v) is 2.15. The summed E-state index contributed by atoms with van der Waals surface area (Å²) in [4.78, 5) is 19.5. The number of rotatable bonds is 2. The van der Waals surface area contributed by atoms with E-state index < -0.39 is 0 Å². The molecule has 2 N–H and O–H groups in total. The topological polar surface area (TPSA) is 67.8 Å². The molecule has 0 aliphatic heterocycles. The Kier molecular flexibility index (Phi) is 3.94. The Morgan fingerprint density at radius 1 is 1.44 bits per heavy atom. The summed E-state index contributed by atoms with van der Waals surface area (Å²) in [6, 6.07) is 5.21. The highest BCUT2D eigenvalue weighted by Crippen LogP contribution is 2.15. The Morgan fingerprint density at radius 2 is 2.12 bits per heavy atom. The molecule has 4 heteroatoms. The maximum atomic E-state index is 11.3. The molecule has 1 rings (SSSR count). The minimum Gasteiger partial charge on any atom is -0.398 e. The fourth-order valence-electron chi connectivity index (χ4n) is 1.38. The van der Waals surface area contributed by atoms with E-state index in [1.54, 1.807) is 31.5 Å². The zero-order valence-corrected chi connectivity index (χ0v) is 9.69. The van der Waals surface area contributed by atoms with E-state index in [1.165, 1.54) is 6.92 Å². The highest BCUT2D eigenvalue weighted by atomic mass is 16.1. The molecule has 0 aliphatic rings. The van der Waals surface area contributed by atoms with Crippen LogP contribution < -0.4 is 5.73 Å². The average Bonchev–Trinajstić information content (AvgIpc) is 2.26. The number of nitrogens with zero attached hydrogens (tertiary/aromatic N) is 2. The molecule has 0 saturated carbocycles. The third kappa shape index (κ3) is 2.53. The lowest BCUT2D eigenvalue weighted by Crippen LogP contribution is -2.04. The van der Waals surface area contributed by atoms with Crippen molar-refractivity contribution in [3.8, 4) is 0 Å². The Balaban J connectivity index is 3.27. The van der Waals surface area contributed by atoms with Crippen molar-refractivity contribution in [3.63, 3.8) is 0 Å². The first-order valence-electron chi connectivity index (χ1n) is 4.96. The van der Waals surface area contributed by atoms with Crippen molar-refractivity contribution in [3.05, 3.63) is 29.3 Å². The first kappa shape index (κ1) is 12.1. The van der Waals surface area contributed by atoms with Gasteiger partial charge < -0.3 is 5.73 Å². The number of aliphatic imine (C=N–C) groups is 2. The van der Waals surface area contributed by atoms with Crippen molar-refractivity contribution in [1.82, 2.24) is 0 Å². The lowest BCUT2D eigenvalue weighted by molar-refractivity contribution is 0.101. The second kappa shape index (κ2) is 5.21. The van der Waals surface area contributed by atoms with Gasteiger partial charge in [-0.05, 0) is 32.0 Å². The van der Waals surface area contributed by atoms with Crippen molar-refractivity contribution < 1.29 is 4.79 Å². The molecule has 0 saturated heterocycles. The lowest BCUT2D eigenvalue weighted by atomic mass is 10.1. The number of nitrogen functional groups attached to an aromatic ring is 1. The van der Waals surface area contributed by atoms with Crippen molar-refractivity contribution >= 4 is 23.5 Å². The molecule has 84 valence electrons. The number of carbonyl (C=O) groups excluding carboxylic acids is 1. The van der Waals surface area contributed by atoms with Gasteiger partial charge in [-0.25, -0.2) is 4.99 Å². The number of amidine groups is 1. The number of nitrogens with two attached hydrogens (primary N) is 1. The van der Waals surface area contributed by atoms with Gasteiger partial charge in [0.15, 0.2) is 11.6 Å². The van der Waals surface area contributed by atoms with Crippen molar-refractivity contribution in [1.29, 1.82) is 0 Å². The van der Waals surface area contributed by atoms with Crippen LogP contribution in [0.15, 0.2) is 28.2 Å². The van der Waals surface area contributed by atoms with E-state index in [-0.39, 0.29) is 5.78 Å². The Bertz CT molecular complexity index is 461. The summed E-state index contributed by atoms with van der Waals surface area (Å²) in [6.45, 7) is 3.30. The van der Waals surface area contributed by atoms with Gasteiger partial charge in [-0.15, -0.1) is 0 Å². The molecular formula is C12H15N3O. The first-order chi connectivity index (χ1) is 7.60. The molecule has 0 spiro atoms. The van der Waals surface area contributed by atoms with E-state index in [1.807, 2.05) is 6.92 Å². The first-order valence-corrected chi connectivity index (χ1v) is 4.96. The second-order valence-electron chi connectivity index (χ2n) is 3.29. The molecule has 0 atom stereocenters. The smallest absolute Gasteiger partial charge is 0.161 e. The zero-order chi connectivity index (χ0) is 12.1. The molecule has 0 amide bonds. The number of hydrogen-bond acceptors (Lipinski definition) is 3. The maximum Gasteiger partial charge on any atom is 0.161 e. The molecule has 4 nitrogen and oxygen atoms in total. The summed E-state index contributed by atoms with van der Waals surface area (Å²) in [5.41, 5.74) is 7.48. The van der Waals surface area contributed by atoms with Crippen LogP contribution in [0, 0.1) is 0 Å². The van der Waals surface area contributed by atoms with Gasteiger partial charge in [-0.2, -0.15) is 0 Å². The highest BCUT2D eigenvalue weighted by Gasteiger charge is 2.08. The molecular weight excluding hydrogens is 202 g/mol. The predicted molar refractivity (Wildman–Crippen MR) is 67.5 cm³/mol. The number of ketones is 1. The molecule has 1 aromatic rings. The summed E-state index contributed by atoms with van der Waals surface area (Å²) in [5.74, 6) is 0.528. The Hall–Kier alpha value is -1.97. The normalized spacial score (nSPS) is 12.1. The van der Waals surface area contributed by atoms with Crippen LogP contribution in [0.2, 0.25) is 0 Å². The van der Waals surface area contributed by atoms with Gasteiger partial charge in [-0.3, -0.25) is 9.79 Å². The van der Waals surface area contributed by atoms with Crippen LogP contribution in [0.3, 0.4) is 0 Å². The number of anilines is 1. The van der Waals surface area contributed by atoms with Gasteiger partial charge in [0.25, 0.3) is 0 Å². The lowest BCUT2D eigenvalue weighted by Gasteiger charge is -2.05.